The van der Waals surface area contributed by atoms with E-state index in [0.29, 0.717) is 50.6 Å². The van der Waals surface area contributed by atoms with Crippen LogP contribution in [0.3, 0.4) is 0 Å². The normalized spacial score (nSPS) is 25.1. The van der Waals surface area contributed by atoms with Gasteiger partial charge in [-0.25, -0.2) is 4.68 Å². The number of nitrogens with one attached hydrogen (secondary N) is 1. The highest BCUT2D eigenvalue weighted by Gasteiger charge is 2.75. The van der Waals surface area contributed by atoms with Crippen LogP contribution in [-0.2, 0) is 35.3 Å². The van der Waals surface area contributed by atoms with Gasteiger partial charge in [0.2, 0.25) is 17.7 Å². The molecule has 3 saturated heterocycles. The number of aliphatic hydroxyl groups excluding tert-OH is 1. The summed E-state index contributed by atoms with van der Waals surface area (Å²) in [6.45, 7) is 10.0. The van der Waals surface area contributed by atoms with Gasteiger partial charge < -0.3 is 29.7 Å². The maximum absolute atomic E-state index is 14.6. The van der Waals surface area contributed by atoms with Crippen molar-refractivity contribution in [1.29, 1.82) is 0 Å². The molecule has 2 aromatic rings. The molecule has 2 bridgehead atoms. The molecule has 1 aromatic heterocycles. The minimum atomic E-state index is -1.18. The number of likely N-dealkylation sites (tertiary alicyclic amines) is 1. The predicted octanol–water partition coefficient (Wildman–Crippen LogP) is 2.34. The Labute approximate surface area is 274 Å². The molecule has 4 heterocycles. The molecule has 13 nitrogen and oxygen atoms in total. The van der Waals surface area contributed by atoms with Crippen LogP contribution in [0.25, 0.3) is 11.0 Å². The zero-order chi connectivity index (χ0) is 33.6. The average Bonchev–Trinajstić information content (AvgIpc) is 3.82. The van der Waals surface area contributed by atoms with E-state index in [9.17, 15) is 24.3 Å². The first-order chi connectivity index (χ1) is 22.7. The van der Waals surface area contributed by atoms with Gasteiger partial charge in [0.25, 0.3) is 0 Å². The number of allylic oxidation sites excluding steroid dienone is 1. The molecule has 1 spiro atoms. The average molecular weight is 651 g/mol. The molecule has 3 aliphatic rings. The summed E-state index contributed by atoms with van der Waals surface area (Å²) in [5, 5.41) is 20.5. The quantitative estimate of drug-likeness (QED) is 0.140. The van der Waals surface area contributed by atoms with Crippen LogP contribution in [0.2, 0.25) is 0 Å². The fourth-order valence-electron chi connectivity index (χ4n) is 7.32. The standard InChI is InChI=1S/C34H46N6O7/c1-4-6-15-27(42)35-21-23(3)46-33(45)28-26-16-17-34(47-26)29(28)31(43)39(19-11-7-8-12-20-41)30(34)32(44)38(18-5-2)22-40-25-14-10-9-13-24(25)36-37-40/h4-5,9-10,13-14,23,26,28-30,41H,1-2,6-8,11-12,15-22H2,3H3,(H,35,42)/t23-,26+,28-,29-,30+,34-/m1/s1. The van der Waals surface area contributed by atoms with Crippen LogP contribution in [-0.4, -0.2) is 104 Å². The van der Waals surface area contributed by atoms with Crippen molar-refractivity contribution in [3.63, 3.8) is 0 Å². The van der Waals surface area contributed by atoms with Gasteiger partial charge in [0.15, 0.2) is 0 Å². The molecule has 254 valence electrons. The van der Waals surface area contributed by atoms with E-state index in [1.807, 2.05) is 24.3 Å². The Bertz CT molecular complexity index is 1480. The number of amides is 3. The Kier molecular flexibility index (Phi) is 11.1. The number of nitrogens with zero attached hydrogens (tertiary/aromatic N) is 5. The number of ether oxygens (including phenoxy) is 2. The van der Waals surface area contributed by atoms with Crippen molar-refractivity contribution in [3.8, 4) is 0 Å². The topological polar surface area (TPSA) is 156 Å². The van der Waals surface area contributed by atoms with E-state index >= 15 is 0 Å². The van der Waals surface area contributed by atoms with Gasteiger partial charge in [-0.3, -0.25) is 19.2 Å². The first-order valence-electron chi connectivity index (χ1n) is 16.6. The highest BCUT2D eigenvalue weighted by atomic mass is 16.6. The van der Waals surface area contributed by atoms with Gasteiger partial charge in [-0.15, -0.1) is 18.3 Å². The molecule has 13 heteroatoms. The van der Waals surface area contributed by atoms with Gasteiger partial charge in [-0.2, -0.15) is 0 Å². The van der Waals surface area contributed by atoms with Gasteiger partial charge in [0.1, 0.15) is 29.9 Å². The molecule has 47 heavy (non-hydrogen) atoms. The van der Waals surface area contributed by atoms with Gasteiger partial charge in [-0.1, -0.05) is 42.3 Å². The van der Waals surface area contributed by atoms with E-state index in [-0.39, 0.29) is 44.1 Å². The second-order valence-electron chi connectivity index (χ2n) is 12.7. The molecule has 6 atom stereocenters. The first kappa shape index (κ1) is 34.2. The number of carbonyl (C=O) groups is 4. The Morgan fingerprint density at radius 1 is 1.21 bits per heavy atom. The maximum atomic E-state index is 14.6. The van der Waals surface area contributed by atoms with Crippen molar-refractivity contribution in [1.82, 2.24) is 30.1 Å². The molecule has 3 amide bonds. The fraction of sp³-hybridized carbons (Fsp3) is 0.588. The smallest absolute Gasteiger partial charge is 0.312 e. The number of carbonyl (C=O) groups excluding carboxylic acids is 4. The molecule has 0 unspecified atom stereocenters. The lowest BCUT2D eigenvalue weighted by Gasteiger charge is -2.36. The Balaban J connectivity index is 1.38. The van der Waals surface area contributed by atoms with Crippen LogP contribution in [0.5, 0.6) is 0 Å². The van der Waals surface area contributed by atoms with Gasteiger partial charge in [-0.05, 0) is 51.2 Å². The third-order valence-electron chi connectivity index (χ3n) is 9.48. The Morgan fingerprint density at radius 2 is 2.00 bits per heavy atom. The van der Waals surface area contributed by atoms with E-state index in [1.54, 1.807) is 33.6 Å². The second-order valence-corrected chi connectivity index (χ2v) is 12.7. The molecule has 3 fully saturated rings. The summed E-state index contributed by atoms with van der Waals surface area (Å²) in [4.78, 5) is 57.9. The summed E-state index contributed by atoms with van der Waals surface area (Å²) in [6.07, 6.45) is 6.79. The van der Waals surface area contributed by atoms with Gasteiger partial charge in [0, 0.05) is 26.1 Å². The summed E-state index contributed by atoms with van der Waals surface area (Å²) in [7, 11) is 0. The Hall–Kier alpha value is -4.10. The number of unbranched alkanes of at least 4 members (excludes halogenated alkanes) is 3. The summed E-state index contributed by atoms with van der Waals surface area (Å²) < 4.78 is 14.0. The number of hydrogen-bond donors (Lipinski definition) is 2. The van der Waals surface area contributed by atoms with Crippen molar-refractivity contribution in [3.05, 3.63) is 49.6 Å². The highest BCUT2D eigenvalue weighted by molar-refractivity contribution is 5.98. The number of esters is 1. The van der Waals surface area contributed by atoms with E-state index < -0.39 is 41.7 Å². The van der Waals surface area contributed by atoms with E-state index in [4.69, 9.17) is 9.47 Å². The molecule has 0 saturated carbocycles. The molecule has 5 rings (SSSR count). The van der Waals surface area contributed by atoms with Crippen LogP contribution in [0.4, 0.5) is 0 Å². The Morgan fingerprint density at radius 3 is 2.77 bits per heavy atom. The predicted molar refractivity (Wildman–Crippen MR) is 172 cm³/mol. The minimum absolute atomic E-state index is 0.0894. The number of aliphatic hydroxyl groups is 1. The molecule has 1 aromatic carbocycles. The molecular weight excluding hydrogens is 604 g/mol. The third kappa shape index (κ3) is 6.96. The van der Waals surface area contributed by atoms with Crippen molar-refractivity contribution in [2.24, 2.45) is 11.8 Å². The number of fused-ring (bicyclic) bond motifs is 2. The number of aromatic nitrogens is 3. The highest BCUT2D eigenvalue weighted by Crippen LogP contribution is 2.59. The summed E-state index contributed by atoms with van der Waals surface area (Å²) in [5.41, 5.74) is 0.280. The SMILES string of the molecule is C=CCCC(=O)NC[C@@H](C)OC(=O)[C@@H]1[C@@H]2CC[C@]3(O2)[C@H](C(=O)N(CC=C)Cn2nnc4ccccc42)N(CCCCCCO)C(=O)[C@@H]13. The van der Waals surface area contributed by atoms with Crippen molar-refractivity contribution in [2.75, 3.05) is 26.2 Å². The lowest BCUT2D eigenvalue weighted by molar-refractivity contribution is -0.159. The van der Waals surface area contributed by atoms with Crippen molar-refractivity contribution >= 4 is 34.7 Å². The van der Waals surface area contributed by atoms with Crippen LogP contribution >= 0.6 is 0 Å². The maximum Gasteiger partial charge on any atom is 0.312 e. The number of hydrogen-bond acceptors (Lipinski definition) is 9. The van der Waals surface area contributed by atoms with Crippen LogP contribution in [0, 0.1) is 11.8 Å². The lowest BCUT2D eigenvalue weighted by Crippen LogP contribution is -2.56. The fourth-order valence-corrected chi connectivity index (χ4v) is 7.32. The summed E-state index contributed by atoms with van der Waals surface area (Å²) in [6, 6.07) is 6.52. The van der Waals surface area contributed by atoms with Crippen LogP contribution in [0.15, 0.2) is 49.6 Å². The lowest BCUT2D eigenvalue weighted by atomic mass is 9.70. The minimum Gasteiger partial charge on any atom is -0.460 e. The summed E-state index contributed by atoms with van der Waals surface area (Å²) in [5.74, 6) is -3.05. The van der Waals surface area contributed by atoms with Gasteiger partial charge >= 0.3 is 5.97 Å². The van der Waals surface area contributed by atoms with E-state index in [1.165, 1.54) is 0 Å². The molecule has 0 aliphatic carbocycles. The first-order valence-corrected chi connectivity index (χ1v) is 16.6. The number of benzene rings is 1. The zero-order valence-corrected chi connectivity index (χ0v) is 27.1. The molecule has 0 radical (unpaired) electrons. The van der Waals surface area contributed by atoms with Crippen molar-refractivity contribution < 1.29 is 33.8 Å². The van der Waals surface area contributed by atoms with Crippen LogP contribution in [0.1, 0.15) is 58.3 Å². The van der Waals surface area contributed by atoms with E-state index in [0.717, 1.165) is 18.4 Å². The third-order valence-corrected chi connectivity index (χ3v) is 9.48. The van der Waals surface area contributed by atoms with Gasteiger partial charge in [0.05, 0.1) is 30.0 Å². The summed E-state index contributed by atoms with van der Waals surface area (Å²) >= 11 is 0. The molecular formula is C34H46N6O7. The second kappa shape index (κ2) is 15.2. The van der Waals surface area contributed by atoms with E-state index in [2.05, 4.69) is 28.8 Å². The largest absolute Gasteiger partial charge is 0.460 e. The molecule has 3 aliphatic heterocycles. The zero-order valence-electron chi connectivity index (χ0n) is 27.1. The number of rotatable bonds is 18. The number of para-hydroxylation sites is 1. The molecule has 2 N–H and O–H groups in total. The van der Waals surface area contributed by atoms with Crippen LogP contribution < -0.4 is 5.32 Å². The van der Waals surface area contributed by atoms with Crippen molar-refractivity contribution in [2.45, 2.75) is 88.8 Å². The monoisotopic (exact) mass is 650 g/mol.